The Bertz CT molecular complexity index is 1030. The van der Waals surface area contributed by atoms with Crippen molar-refractivity contribution in [1.82, 2.24) is 9.78 Å². The van der Waals surface area contributed by atoms with Crippen LogP contribution in [0, 0.1) is 5.82 Å². The zero-order valence-electron chi connectivity index (χ0n) is 14.9. The van der Waals surface area contributed by atoms with Crippen LogP contribution < -0.4 is 4.90 Å². The van der Waals surface area contributed by atoms with Gasteiger partial charge in [-0.3, -0.25) is 4.68 Å². The van der Waals surface area contributed by atoms with Gasteiger partial charge in [-0.1, -0.05) is 30.3 Å². The van der Waals surface area contributed by atoms with Crippen molar-refractivity contribution in [3.05, 3.63) is 71.8 Å². The van der Waals surface area contributed by atoms with E-state index in [0.717, 1.165) is 5.56 Å². The zero-order valence-corrected chi connectivity index (χ0v) is 14.9. The molecule has 3 aromatic rings. The number of aromatic nitrogens is 2. The van der Waals surface area contributed by atoms with Crippen LogP contribution in [0.1, 0.15) is 11.1 Å². The van der Waals surface area contributed by atoms with Crippen molar-refractivity contribution in [2.45, 2.75) is 18.3 Å². The third-order valence-electron chi connectivity index (χ3n) is 5.03. The molecule has 0 amide bonds. The van der Waals surface area contributed by atoms with Gasteiger partial charge in [0.2, 0.25) is 5.60 Å². The molecule has 2 heterocycles. The van der Waals surface area contributed by atoms with Crippen molar-refractivity contribution in [2.24, 2.45) is 7.05 Å². The molecule has 4 rings (SSSR count). The predicted octanol–water partition coefficient (Wildman–Crippen LogP) is 4.00. The summed E-state index contributed by atoms with van der Waals surface area (Å²) >= 11 is 0. The lowest BCUT2D eigenvalue weighted by atomic mass is 9.96. The van der Waals surface area contributed by atoms with Crippen LogP contribution in [-0.4, -0.2) is 27.6 Å². The second-order valence-corrected chi connectivity index (χ2v) is 6.94. The van der Waals surface area contributed by atoms with E-state index in [1.807, 2.05) is 0 Å². The third kappa shape index (κ3) is 2.93. The van der Waals surface area contributed by atoms with Crippen molar-refractivity contribution < 1.29 is 22.7 Å². The predicted molar refractivity (Wildman–Crippen MR) is 96.0 cm³/mol. The Labute approximate surface area is 158 Å². The number of hydrogen-bond donors (Lipinski definition) is 1. The van der Waals surface area contributed by atoms with Crippen molar-refractivity contribution >= 4 is 5.69 Å². The van der Waals surface area contributed by atoms with E-state index in [9.17, 15) is 22.7 Å². The molecular weight excluding hydrogens is 374 g/mol. The van der Waals surface area contributed by atoms with Gasteiger partial charge in [0.1, 0.15) is 5.82 Å². The summed E-state index contributed by atoms with van der Waals surface area (Å²) in [6.45, 7) is -0.770. The number of β-amino-alcohol motifs (C(OH)–C–C–N with tert-alkyl or cyclic N) is 1. The van der Waals surface area contributed by atoms with Crippen molar-refractivity contribution in [3.8, 4) is 11.1 Å². The minimum absolute atomic E-state index is 0.0887. The van der Waals surface area contributed by atoms with Gasteiger partial charge in [0.25, 0.3) is 0 Å². The lowest BCUT2D eigenvalue weighted by molar-refractivity contribution is -0.259. The molecule has 8 heteroatoms. The standard InChI is InChI=1S/C20H17F4N3O/c1-26-10-15(9-25-26)13-6-7-14(17(21)8-13)11-27-12-19(28,20(22,23)24)16-4-2-3-5-18(16)27/h2-10,28H,11-12H2,1H3. The largest absolute Gasteiger partial charge is 0.423 e. The van der Waals surface area contributed by atoms with Crippen LogP contribution in [0.5, 0.6) is 0 Å². The molecule has 1 atom stereocenters. The molecule has 146 valence electrons. The Morgan fingerprint density at radius 1 is 1.14 bits per heavy atom. The summed E-state index contributed by atoms with van der Waals surface area (Å²) in [5, 5.41) is 14.4. The highest BCUT2D eigenvalue weighted by molar-refractivity contribution is 5.64. The summed E-state index contributed by atoms with van der Waals surface area (Å²) in [4.78, 5) is 1.35. The van der Waals surface area contributed by atoms with E-state index in [-0.39, 0.29) is 23.4 Å². The number of aryl methyl sites for hydroxylation is 1. The molecule has 1 N–H and O–H groups in total. The molecule has 0 fully saturated rings. The van der Waals surface area contributed by atoms with Crippen LogP contribution in [-0.2, 0) is 19.2 Å². The fraction of sp³-hybridized carbons (Fsp3) is 0.250. The van der Waals surface area contributed by atoms with E-state index < -0.39 is 24.1 Å². The number of rotatable bonds is 3. The smallest absolute Gasteiger partial charge is 0.375 e. The quantitative estimate of drug-likeness (QED) is 0.687. The topological polar surface area (TPSA) is 41.3 Å². The SMILES string of the molecule is Cn1cc(-c2ccc(CN3CC(O)(C(F)(F)F)c4ccccc43)c(F)c2)cn1. The Morgan fingerprint density at radius 3 is 2.54 bits per heavy atom. The molecule has 0 aliphatic carbocycles. The second-order valence-electron chi connectivity index (χ2n) is 6.94. The average molecular weight is 391 g/mol. The van der Waals surface area contributed by atoms with Crippen LogP contribution in [0.25, 0.3) is 11.1 Å². The maximum absolute atomic E-state index is 14.7. The fourth-order valence-electron chi connectivity index (χ4n) is 3.56. The van der Waals surface area contributed by atoms with Crippen molar-refractivity contribution in [1.29, 1.82) is 0 Å². The number of nitrogens with zero attached hydrogens (tertiary/aromatic N) is 3. The number of alkyl halides is 3. The first kappa shape index (κ1) is 18.5. The Hall–Kier alpha value is -2.87. The van der Waals surface area contributed by atoms with Crippen LogP contribution >= 0.6 is 0 Å². The number of hydrogen-bond acceptors (Lipinski definition) is 3. The van der Waals surface area contributed by atoms with Crippen LogP contribution in [0.2, 0.25) is 0 Å². The lowest BCUT2D eigenvalue weighted by Crippen LogP contribution is -2.46. The normalized spacial score (nSPS) is 19.1. The highest BCUT2D eigenvalue weighted by Crippen LogP contribution is 2.48. The van der Waals surface area contributed by atoms with Crippen LogP contribution in [0.4, 0.5) is 23.2 Å². The maximum Gasteiger partial charge on any atom is 0.423 e. The molecule has 4 nitrogen and oxygen atoms in total. The van der Waals surface area contributed by atoms with E-state index >= 15 is 0 Å². The summed E-state index contributed by atoms with van der Waals surface area (Å²) < 4.78 is 56.8. The van der Waals surface area contributed by atoms with Gasteiger partial charge in [0, 0.05) is 42.2 Å². The average Bonchev–Trinajstić information content (AvgIpc) is 3.19. The highest BCUT2D eigenvalue weighted by Gasteiger charge is 2.60. The molecular formula is C20H17F4N3O. The first-order valence-corrected chi connectivity index (χ1v) is 8.60. The van der Waals surface area contributed by atoms with E-state index in [1.54, 1.807) is 42.3 Å². The van der Waals surface area contributed by atoms with Crippen molar-refractivity contribution in [3.63, 3.8) is 0 Å². The van der Waals surface area contributed by atoms with Gasteiger partial charge >= 0.3 is 6.18 Å². The second kappa shape index (κ2) is 6.34. The van der Waals surface area contributed by atoms with Gasteiger partial charge in [-0.25, -0.2) is 4.39 Å². The molecule has 2 aromatic carbocycles. The number of fused-ring (bicyclic) bond motifs is 1. The summed E-state index contributed by atoms with van der Waals surface area (Å²) in [7, 11) is 1.75. The van der Waals surface area contributed by atoms with E-state index in [1.165, 1.54) is 29.2 Å². The van der Waals surface area contributed by atoms with E-state index in [0.29, 0.717) is 5.56 Å². The van der Waals surface area contributed by atoms with Gasteiger partial charge in [-0.15, -0.1) is 0 Å². The summed E-state index contributed by atoms with van der Waals surface area (Å²) in [5.41, 5.74) is -1.33. The number of aliphatic hydroxyl groups is 1. The van der Waals surface area contributed by atoms with Crippen LogP contribution in [0.3, 0.4) is 0 Å². The highest BCUT2D eigenvalue weighted by atomic mass is 19.4. The summed E-state index contributed by atoms with van der Waals surface area (Å²) in [6, 6.07) is 10.4. The molecule has 0 saturated heterocycles. The van der Waals surface area contributed by atoms with Gasteiger partial charge in [0.15, 0.2) is 0 Å². The summed E-state index contributed by atoms with van der Waals surface area (Å²) in [6.07, 6.45) is -1.48. The Balaban J connectivity index is 1.65. The zero-order chi connectivity index (χ0) is 20.1. The molecule has 1 aliphatic heterocycles. The molecule has 28 heavy (non-hydrogen) atoms. The van der Waals surface area contributed by atoms with Gasteiger partial charge in [-0.2, -0.15) is 18.3 Å². The minimum atomic E-state index is -4.83. The lowest BCUT2D eigenvalue weighted by Gasteiger charge is -2.27. The number of para-hydroxylation sites is 1. The van der Waals surface area contributed by atoms with E-state index in [4.69, 9.17) is 0 Å². The first-order valence-electron chi connectivity index (χ1n) is 8.60. The van der Waals surface area contributed by atoms with Gasteiger partial charge in [0.05, 0.1) is 12.7 Å². The molecule has 0 saturated carbocycles. The maximum atomic E-state index is 14.7. The molecule has 0 radical (unpaired) electrons. The summed E-state index contributed by atoms with van der Waals surface area (Å²) in [5.74, 6) is -0.527. The number of anilines is 1. The van der Waals surface area contributed by atoms with E-state index in [2.05, 4.69) is 5.10 Å². The van der Waals surface area contributed by atoms with Crippen molar-refractivity contribution in [2.75, 3.05) is 11.4 Å². The molecule has 1 unspecified atom stereocenters. The van der Waals surface area contributed by atoms with Gasteiger partial charge in [-0.05, 0) is 17.7 Å². The minimum Gasteiger partial charge on any atom is -0.375 e. The molecule has 1 aromatic heterocycles. The van der Waals surface area contributed by atoms with Gasteiger partial charge < -0.3 is 10.0 Å². The third-order valence-corrected chi connectivity index (χ3v) is 5.03. The first-order chi connectivity index (χ1) is 13.2. The Kier molecular flexibility index (Phi) is 4.19. The fourth-order valence-corrected chi connectivity index (χ4v) is 3.56. The molecule has 0 spiro atoms. The Morgan fingerprint density at radius 2 is 1.89 bits per heavy atom. The number of benzene rings is 2. The number of halogens is 4. The molecule has 0 bridgehead atoms. The monoisotopic (exact) mass is 391 g/mol. The van der Waals surface area contributed by atoms with Crippen LogP contribution in [0.15, 0.2) is 54.9 Å². The molecule has 1 aliphatic rings.